The minimum atomic E-state index is 0. The van der Waals surface area contributed by atoms with E-state index in [1.54, 1.807) is 0 Å². The summed E-state index contributed by atoms with van der Waals surface area (Å²) in [6, 6.07) is 11.3. The molecule has 0 saturated carbocycles. The number of ether oxygens (including phenoxy) is 1. The molecule has 0 amide bonds. The lowest BCUT2D eigenvalue weighted by atomic mass is 9.74. The van der Waals surface area contributed by atoms with Crippen molar-refractivity contribution < 1.29 is 4.74 Å². The largest absolute Gasteiger partial charge is 0.381 e. The number of rotatable bonds is 10. The molecule has 1 unspecified atom stereocenters. The van der Waals surface area contributed by atoms with E-state index in [2.05, 4.69) is 71.6 Å². The number of nitrogens with one attached hydrogen (secondary N) is 2. The van der Waals surface area contributed by atoms with Crippen LogP contribution in [-0.4, -0.2) is 63.3 Å². The quantitative estimate of drug-likeness (QED) is 0.280. The summed E-state index contributed by atoms with van der Waals surface area (Å²) in [5.74, 6) is 0.900. The second kappa shape index (κ2) is 14.2. The molecule has 6 heteroatoms. The highest BCUT2D eigenvalue weighted by Crippen LogP contribution is 2.34. The fourth-order valence-electron chi connectivity index (χ4n) is 4.04. The Balaban J connectivity index is 0.00000420. The van der Waals surface area contributed by atoms with Gasteiger partial charge in [-0.1, -0.05) is 44.2 Å². The van der Waals surface area contributed by atoms with Crippen molar-refractivity contribution in [1.29, 1.82) is 0 Å². The molecule has 0 bridgehead atoms. The topological polar surface area (TPSA) is 48.9 Å². The summed E-state index contributed by atoms with van der Waals surface area (Å²) in [7, 11) is 1.86. The van der Waals surface area contributed by atoms with Gasteiger partial charge in [-0.2, -0.15) is 0 Å². The molecule has 1 fully saturated rings. The first-order valence-corrected chi connectivity index (χ1v) is 11.0. The molecule has 5 nitrogen and oxygen atoms in total. The van der Waals surface area contributed by atoms with Crippen molar-refractivity contribution in [2.45, 2.75) is 57.9 Å². The second-order valence-electron chi connectivity index (χ2n) is 7.90. The van der Waals surface area contributed by atoms with Crippen LogP contribution in [0.25, 0.3) is 0 Å². The molecular formula is C23H41IN4O. The van der Waals surface area contributed by atoms with Crippen molar-refractivity contribution in [1.82, 2.24) is 15.5 Å². The molecule has 29 heavy (non-hydrogen) atoms. The van der Waals surface area contributed by atoms with Crippen molar-refractivity contribution in [3.63, 3.8) is 0 Å². The van der Waals surface area contributed by atoms with Gasteiger partial charge in [0.2, 0.25) is 0 Å². The van der Waals surface area contributed by atoms with Gasteiger partial charge in [-0.15, -0.1) is 24.0 Å². The van der Waals surface area contributed by atoms with E-state index >= 15 is 0 Å². The Labute approximate surface area is 195 Å². The van der Waals surface area contributed by atoms with Gasteiger partial charge in [0.05, 0.1) is 0 Å². The Bertz CT molecular complexity index is 572. The first-order valence-electron chi connectivity index (χ1n) is 11.0. The van der Waals surface area contributed by atoms with Gasteiger partial charge >= 0.3 is 0 Å². The minimum Gasteiger partial charge on any atom is -0.381 e. The number of aliphatic imine (C=N–C) groups is 1. The van der Waals surface area contributed by atoms with Crippen LogP contribution in [0.5, 0.6) is 0 Å². The van der Waals surface area contributed by atoms with Crippen LogP contribution in [0, 0.1) is 0 Å². The van der Waals surface area contributed by atoms with Gasteiger partial charge in [0.25, 0.3) is 0 Å². The molecule has 1 aliphatic heterocycles. The van der Waals surface area contributed by atoms with E-state index in [-0.39, 0.29) is 29.4 Å². The van der Waals surface area contributed by atoms with Crippen molar-refractivity contribution in [3.05, 3.63) is 35.9 Å². The zero-order chi connectivity index (χ0) is 20.2. The Hall–Kier alpha value is -0.860. The highest BCUT2D eigenvalue weighted by atomic mass is 127. The van der Waals surface area contributed by atoms with Crippen LogP contribution in [0.1, 0.15) is 52.0 Å². The monoisotopic (exact) mass is 516 g/mol. The summed E-state index contributed by atoms with van der Waals surface area (Å²) in [5, 5.41) is 7.18. The molecule has 1 heterocycles. The fraction of sp³-hybridized carbons (Fsp3) is 0.696. The number of nitrogens with zero attached hydrogens (tertiary/aromatic N) is 2. The molecule has 1 aromatic carbocycles. The van der Waals surface area contributed by atoms with Gasteiger partial charge in [-0.25, -0.2) is 0 Å². The van der Waals surface area contributed by atoms with Crippen molar-refractivity contribution in [2.75, 3.05) is 46.4 Å². The zero-order valence-corrected chi connectivity index (χ0v) is 21.1. The summed E-state index contributed by atoms with van der Waals surface area (Å²) in [5.41, 5.74) is 1.51. The molecule has 0 radical (unpaired) electrons. The van der Waals surface area contributed by atoms with E-state index in [0.717, 1.165) is 58.1 Å². The van der Waals surface area contributed by atoms with Crippen molar-refractivity contribution in [2.24, 2.45) is 4.99 Å². The molecule has 1 aromatic rings. The van der Waals surface area contributed by atoms with Crippen LogP contribution in [0.15, 0.2) is 35.3 Å². The van der Waals surface area contributed by atoms with Crippen LogP contribution < -0.4 is 10.6 Å². The molecule has 0 aromatic heterocycles. The van der Waals surface area contributed by atoms with E-state index in [9.17, 15) is 0 Å². The van der Waals surface area contributed by atoms with E-state index in [1.807, 2.05) is 7.05 Å². The Morgan fingerprint density at radius 1 is 1.17 bits per heavy atom. The first-order chi connectivity index (χ1) is 13.6. The number of halogens is 1. The summed E-state index contributed by atoms with van der Waals surface area (Å²) in [6.45, 7) is 12.7. The van der Waals surface area contributed by atoms with Gasteiger partial charge in [0.1, 0.15) is 0 Å². The van der Waals surface area contributed by atoms with Crippen LogP contribution in [0.2, 0.25) is 0 Å². The minimum absolute atomic E-state index is 0. The fourth-order valence-corrected chi connectivity index (χ4v) is 4.04. The highest BCUT2D eigenvalue weighted by molar-refractivity contribution is 14.0. The molecule has 1 saturated heterocycles. The maximum atomic E-state index is 5.65. The number of hydrogen-bond donors (Lipinski definition) is 2. The number of guanidine groups is 1. The Kier molecular flexibility index (Phi) is 12.8. The predicted molar refractivity (Wildman–Crippen MR) is 135 cm³/mol. The number of benzene rings is 1. The SMILES string of the molecule is CCN(CC)CCCC(C)NC(=NC)NCC1(c2ccccc2)CCOCC1.I. The summed E-state index contributed by atoms with van der Waals surface area (Å²) < 4.78 is 5.65. The Morgan fingerprint density at radius 3 is 2.41 bits per heavy atom. The van der Waals surface area contributed by atoms with E-state index < -0.39 is 0 Å². The van der Waals surface area contributed by atoms with Crippen LogP contribution in [0.3, 0.4) is 0 Å². The van der Waals surface area contributed by atoms with E-state index in [1.165, 1.54) is 18.5 Å². The maximum absolute atomic E-state index is 5.65. The average molecular weight is 517 g/mol. The molecule has 166 valence electrons. The van der Waals surface area contributed by atoms with Crippen molar-refractivity contribution >= 4 is 29.9 Å². The zero-order valence-electron chi connectivity index (χ0n) is 18.7. The smallest absolute Gasteiger partial charge is 0.191 e. The van der Waals surface area contributed by atoms with Gasteiger partial charge in [0.15, 0.2) is 5.96 Å². The lowest BCUT2D eigenvalue weighted by Gasteiger charge is -2.38. The molecular weight excluding hydrogens is 475 g/mol. The third-order valence-corrected chi connectivity index (χ3v) is 6.04. The third-order valence-electron chi connectivity index (χ3n) is 6.04. The summed E-state index contributed by atoms with van der Waals surface area (Å²) >= 11 is 0. The molecule has 2 rings (SSSR count). The second-order valence-corrected chi connectivity index (χ2v) is 7.90. The lowest BCUT2D eigenvalue weighted by Crippen LogP contribution is -2.49. The molecule has 0 spiro atoms. The molecule has 1 atom stereocenters. The summed E-state index contributed by atoms with van der Waals surface area (Å²) in [6.07, 6.45) is 4.44. The van der Waals surface area contributed by atoms with Gasteiger partial charge < -0.3 is 20.3 Å². The normalized spacial score (nSPS) is 17.5. The summed E-state index contributed by atoms with van der Waals surface area (Å²) in [4.78, 5) is 6.95. The average Bonchev–Trinajstić information content (AvgIpc) is 2.75. The van der Waals surface area contributed by atoms with Crippen LogP contribution in [0.4, 0.5) is 0 Å². The van der Waals surface area contributed by atoms with Crippen LogP contribution >= 0.6 is 24.0 Å². The maximum Gasteiger partial charge on any atom is 0.191 e. The van der Waals surface area contributed by atoms with Gasteiger partial charge in [-0.05, 0) is 57.8 Å². The number of hydrogen-bond acceptors (Lipinski definition) is 3. The van der Waals surface area contributed by atoms with Crippen LogP contribution in [-0.2, 0) is 10.2 Å². The lowest BCUT2D eigenvalue weighted by molar-refractivity contribution is 0.0513. The standard InChI is InChI=1S/C23H40N4O.HI/c1-5-27(6-2)16-10-11-20(3)26-22(24-4)25-19-23(14-17-28-18-15-23)21-12-8-7-9-13-21;/h7-9,12-13,20H,5-6,10-11,14-19H2,1-4H3,(H2,24,25,26);1H. The van der Waals surface area contributed by atoms with Gasteiger partial charge in [0, 0.05) is 38.3 Å². The van der Waals surface area contributed by atoms with E-state index in [0.29, 0.717) is 6.04 Å². The molecule has 2 N–H and O–H groups in total. The Morgan fingerprint density at radius 2 is 1.83 bits per heavy atom. The first kappa shape index (κ1) is 26.2. The van der Waals surface area contributed by atoms with E-state index in [4.69, 9.17) is 4.74 Å². The predicted octanol–water partition coefficient (Wildman–Crippen LogP) is 4.03. The van der Waals surface area contributed by atoms with Crippen molar-refractivity contribution in [3.8, 4) is 0 Å². The van der Waals surface area contributed by atoms with Gasteiger partial charge in [-0.3, -0.25) is 4.99 Å². The molecule has 0 aliphatic carbocycles. The third kappa shape index (κ3) is 8.42. The highest BCUT2D eigenvalue weighted by Gasteiger charge is 2.34. The molecule has 1 aliphatic rings.